The molecule has 144 valence electrons. The molecule has 1 N–H and O–H groups in total. The number of hydrogen-bond donors (Lipinski definition) is 1. The quantitative estimate of drug-likeness (QED) is 0.870. The standard InChI is InChI=1S/C20H26FN5O/c21-17-3-1-5-19(11-17)26-6-2-4-18(15-26)22-12-16-13-23-20(24-14-16)25-7-9-27-10-8-25/h1,3,5,11,13-14,18,22H,2,4,6-10,12,15H2. The molecule has 0 bridgehead atoms. The Balaban J connectivity index is 1.30. The van der Waals surface area contributed by atoms with Crippen molar-refractivity contribution in [1.29, 1.82) is 0 Å². The van der Waals surface area contributed by atoms with Crippen LogP contribution >= 0.6 is 0 Å². The van der Waals surface area contributed by atoms with Gasteiger partial charge >= 0.3 is 0 Å². The van der Waals surface area contributed by atoms with E-state index >= 15 is 0 Å². The molecule has 1 atom stereocenters. The van der Waals surface area contributed by atoms with Gasteiger partial charge in [-0.05, 0) is 31.0 Å². The first kappa shape index (κ1) is 18.1. The van der Waals surface area contributed by atoms with Crippen molar-refractivity contribution in [3.63, 3.8) is 0 Å². The summed E-state index contributed by atoms with van der Waals surface area (Å²) in [6, 6.07) is 7.23. The van der Waals surface area contributed by atoms with Crippen LogP contribution < -0.4 is 15.1 Å². The molecule has 2 aliphatic rings. The van der Waals surface area contributed by atoms with Crippen molar-refractivity contribution in [3.05, 3.63) is 48.0 Å². The summed E-state index contributed by atoms with van der Waals surface area (Å²) in [6.45, 7) is 5.75. The first-order valence-electron chi connectivity index (χ1n) is 9.65. The Hall–Kier alpha value is -2.25. The van der Waals surface area contributed by atoms with E-state index in [2.05, 4.69) is 25.1 Å². The molecule has 1 unspecified atom stereocenters. The lowest BCUT2D eigenvalue weighted by Crippen LogP contribution is -2.45. The van der Waals surface area contributed by atoms with Crippen LogP contribution in [0.15, 0.2) is 36.7 Å². The molecule has 0 aliphatic carbocycles. The molecule has 0 saturated carbocycles. The van der Waals surface area contributed by atoms with E-state index in [1.54, 1.807) is 12.1 Å². The van der Waals surface area contributed by atoms with E-state index in [4.69, 9.17) is 4.74 Å². The van der Waals surface area contributed by atoms with Crippen molar-refractivity contribution in [3.8, 4) is 0 Å². The van der Waals surface area contributed by atoms with Crippen molar-refractivity contribution in [2.75, 3.05) is 49.2 Å². The van der Waals surface area contributed by atoms with Gasteiger partial charge in [-0.15, -0.1) is 0 Å². The van der Waals surface area contributed by atoms with Gasteiger partial charge in [-0.1, -0.05) is 6.07 Å². The fraction of sp³-hybridized carbons (Fsp3) is 0.500. The number of halogens is 1. The van der Waals surface area contributed by atoms with Gasteiger partial charge in [0.05, 0.1) is 13.2 Å². The molecule has 3 heterocycles. The van der Waals surface area contributed by atoms with Crippen LogP contribution in [-0.2, 0) is 11.3 Å². The van der Waals surface area contributed by atoms with Gasteiger partial charge in [0.25, 0.3) is 0 Å². The Morgan fingerprint density at radius 2 is 1.93 bits per heavy atom. The number of rotatable bonds is 5. The lowest BCUT2D eigenvalue weighted by Gasteiger charge is -2.35. The Morgan fingerprint density at radius 3 is 2.70 bits per heavy atom. The molecule has 27 heavy (non-hydrogen) atoms. The van der Waals surface area contributed by atoms with E-state index in [1.807, 2.05) is 18.5 Å². The first-order chi connectivity index (χ1) is 13.3. The van der Waals surface area contributed by atoms with E-state index in [9.17, 15) is 4.39 Å². The minimum Gasteiger partial charge on any atom is -0.378 e. The Kier molecular flexibility index (Phi) is 5.79. The van der Waals surface area contributed by atoms with E-state index in [0.717, 1.165) is 76.0 Å². The number of hydrogen-bond acceptors (Lipinski definition) is 6. The summed E-state index contributed by atoms with van der Waals surface area (Å²) in [7, 11) is 0. The molecule has 7 heteroatoms. The van der Waals surface area contributed by atoms with Crippen LogP contribution in [0, 0.1) is 5.82 Å². The second kappa shape index (κ2) is 8.63. The second-order valence-electron chi connectivity index (χ2n) is 7.14. The highest BCUT2D eigenvalue weighted by molar-refractivity contribution is 5.47. The highest BCUT2D eigenvalue weighted by Gasteiger charge is 2.20. The molecule has 2 aliphatic heterocycles. The summed E-state index contributed by atoms with van der Waals surface area (Å²) < 4.78 is 18.9. The van der Waals surface area contributed by atoms with Crippen LogP contribution in [0.2, 0.25) is 0 Å². The number of nitrogens with one attached hydrogen (secondary N) is 1. The average Bonchev–Trinajstić information content (AvgIpc) is 2.73. The number of ether oxygens (including phenoxy) is 1. The van der Waals surface area contributed by atoms with Crippen molar-refractivity contribution in [2.24, 2.45) is 0 Å². The molecular weight excluding hydrogens is 345 g/mol. The smallest absolute Gasteiger partial charge is 0.225 e. The van der Waals surface area contributed by atoms with Gasteiger partial charge < -0.3 is 19.9 Å². The molecule has 0 amide bonds. The van der Waals surface area contributed by atoms with Crippen LogP contribution in [0.5, 0.6) is 0 Å². The van der Waals surface area contributed by atoms with Crippen LogP contribution in [0.4, 0.5) is 16.0 Å². The molecule has 0 spiro atoms. The van der Waals surface area contributed by atoms with Crippen LogP contribution in [0.3, 0.4) is 0 Å². The van der Waals surface area contributed by atoms with E-state index in [0.29, 0.717) is 6.04 Å². The second-order valence-corrected chi connectivity index (χ2v) is 7.14. The molecule has 0 radical (unpaired) electrons. The fourth-order valence-corrected chi connectivity index (χ4v) is 3.68. The Morgan fingerprint density at radius 1 is 1.11 bits per heavy atom. The first-order valence-corrected chi connectivity index (χ1v) is 9.65. The third kappa shape index (κ3) is 4.73. The monoisotopic (exact) mass is 371 g/mol. The lowest BCUT2D eigenvalue weighted by atomic mass is 10.0. The highest BCUT2D eigenvalue weighted by Crippen LogP contribution is 2.21. The zero-order valence-electron chi connectivity index (χ0n) is 15.5. The average molecular weight is 371 g/mol. The minimum absolute atomic E-state index is 0.180. The van der Waals surface area contributed by atoms with Crippen molar-refractivity contribution in [1.82, 2.24) is 15.3 Å². The number of piperidine rings is 1. The zero-order chi connectivity index (χ0) is 18.5. The van der Waals surface area contributed by atoms with Gasteiger partial charge in [0.2, 0.25) is 5.95 Å². The third-order valence-electron chi connectivity index (χ3n) is 5.18. The van der Waals surface area contributed by atoms with Gasteiger partial charge in [0.15, 0.2) is 0 Å². The van der Waals surface area contributed by atoms with Gasteiger partial charge in [-0.3, -0.25) is 0 Å². The highest BCUT2D eigenvalue weighted by atomic mass is 19.1. The van der Waals surface area contributed by atoms with Crippen molar-refractivity contribution in [2.45, 2.75) is 25.4 Å². The largest absolute Gasteiger partial charge is 0.378 e. The molecule has 4 rings (SSSR count). The number of nitrogens with zero attached hydrogens (tertiary/aromatic N) is 4. The predicted octanol–water partition coefficient (Wildman–Crippen LogP) is 2.21. The van der Waals surface area contributed by atoms with Crippen LogP contribution in [0.25, 0.3) is 0 Å². The van der Waals surface area contributed by atoms with E-state index in [1.165, 1.54) is 6.07 Å². The summed E-state index contributed by atoms with van der Waals surface area (Å²) >= 11 is 0. The molecule has 6 nitrogen and oxygen atoms in total. The summed E-state index contributed by atoms with van der Waals surface area (Å²) in [6.07, 6.45) is 6.02. The number of anilines is 2. The maximum absolute atomic E-state index is 13.5. The normalized spacial score (nSPS) is 20.7. The van der Waals surface area contributed by atoms with Gasteiger partial charge in [-0.25, -0.2) is 14.4 Å². The maximum atomic E-state index is 13.5. The van der Waals surface area contributed by atoms with Crippen molar-refractivity contribution >= 4 is 11.6 Å². The minimum atomic E-state index is -0.180. The topological polar surface area (TPSA) is 53.5 Å². The maximum Gasteiger partial charge on any atom is 0.225 e. The molecule has 1 aromatic heterocycles. The summed E-state index contributed by atoms with van der Waals surface area (Å²) in [5, 5.41) is 3.60. The van der Waals surface area contributed by atoms with Gasteiger partial charge in [0.1, 0.15) is 5.82 Å². The van der Waals surface area contributed by atoms with Crippen LogP contribution in [0.1, 0.15) is 18.4 Å². The number of morpholine rings is 1. The third-order valence-corrected chi connectivity index (χ3v) is 5.18. The molecule has 2 saturated heterocycles. The Bertz CT molecular complexity index is 735. The number of benzene rings is 1. The summed E-state index contributed by atoms with van der Waals surface area (Å²) in [4.78, 5) is 13.4. The Labute approximate surface area is 159 Å². The molecule has 1 aromatic carbocycles. The molecule has 2 aromatic rings. The van der Waals surface area contributed by atoms with E-state index < -0.39 is 0 Å². The summed E-state index contributed by atoms with van der Waals surface area (Å²) in [5.74, 6) is 0.595. The van der Waals surface area contributed by atoms with Gasteiger partial charge in [-0.2, -0.15) is 0 Å². The van der Waals surface area contributed by atoms with Crippen LogP contribution in [-0.4, -0.2) is 55.4 Å². The molecule has 2 fully saturated rings. The number of aromatic nitrogens is 2. The molecular formula is C20H26FN5O. The summed E-state index contributed by atoms with van der Waals surface area (Å²) in [5.41, 5.74) is 2.04. The SMILES string of the molecule is Fc1cccc(N2CCCC(NCc3cnc(N4CCOCC4)nc3)C2)c1. The van der Waals surface area contributed by atoms with E-state index in [-0.39, 0.29) is 5.82 Å². The zero-order valence-corrected chi connectivity index (χ0v) is 15.5. The van der Waals surface area contributed by atoms with Crippen molar-refractivity contribution < 1.29 is 9.13 Å². The van der Waals surface area contributed by atoms with Gasteiger partial charge in [0, 0.05) is 62.4 Å². The predicted molar refractivity (Wildman–Crippen MR) is 104 cm³/mol. The fourth-order valence-electron chi connectivity index (χ4n) is 3.68. The lowest BCUT2D eigenvalue weighted by molar-refractivity contribution is 0.122.